The van der Waals surface area contributed by atoms with Crippen LogP contribution in [0.1, 0.15) is 13.8 Å². The van der Waals surface area contributed by atoms with Crippen LogP contribution in [0.25, 0.3) is 0 Å². The topological polar surface area (TPSA) is 31.0 Å². The summed E-state index contributed by atoms with van der Waals surface area (Å²) in [7, 11) is -0.326. The Labute approximate surface area is 76.3 Å². The molecule has 1 rings (SSSR count). The van der Waals surface area contributed by atoms with Crippen molar-refractivity contribution >= 4 is 9.76 Å². The van der Waals surface area contributed by atoms with Gasteiger partial charge in [0.2, 0.25) is 0 Å². The molecule has 0 bridgehead atoms. The number of hydrogen-bond acceptors (Lipinski definition) is 3. The molecule has 1 aliphatic rings. The molecule has 72 valence electrons. The van der Waals surface area contributed by atoms with Gasteiger partial charge in [-0.15, -0.1) is 0 Å². The second-order valence-electron chi connectivity index (χ2n) is 3.08. The van der Waals surface area contributed by atoms with Crippen molar-refractivity contribution in [2.75, 3.05) is 19.8 Å². The molecule has 1 saturated heterocycles. The first kappa shape index (κ1) is 10.2. The Kier molecular flexibility index (Phi) is 4.83. The summed E-state index contributed by atoms with van der Waals surface area (Å²) in [5.41, 5.74) is 0. The van der Waals surface area contributed by atoms with Crippen LogP contribution in [0.5, 0.6) is 0 Å². The summed E-state index contributed by atoms with van der Waals surface area (Å²) in [4.78, 5) is 0. The summed E-state index contributed by atoms with van der Waals surface area (Å²) in [6.45, 7) is 6.65. The van der Waals surface area contributed by atoms with Crippen LogP contribution >= 0.6 is 0 Å². The maximum Gasteiger partial charge on any atom is 0.164 e. The van der Waals surface area contributed by atoms with Crippen LogP contribution in [-0.2, 0) is 13.9 Å². The fourth-order valence-corrected chi connectivity index (χ4v) is 1.87. The molecule has 0 radical (unpaired) electrons. The van der Waals surface area contributed by atoms with Gasteiger partial charge in [-0.1, -0.05) is 0 Å². The minimum absolute atomic E-state index is 0.326. The van der Waals surface area contributed by atoms with E-state index in [0.29, 0.717) is 12.2 Å². The lowest BCUT2D eigenvalue weighted by Gasteiger charge is -2.10. The molecule has 0 amide bonds. The zero-order chi connectivity index (χ0) is 8.81. The molecular weight excluding hydrogens is 172 g/mol. The van der Waals surface area contributed by atoms with Gasteiger partial charge < -0.3 is 13.9 Å². The first-order chi connectivity index (χ1) is 5.83. The maximum atomic E-state index is 5.54. The van der Waals surface area contributed by atoms with Gasteiger partial charge in [0.25, 0.3) is 0 Å². The van der Waals surface area contributed by atoms with Crippen LogP contribution in [-0.4, -0.2) is 41.8 Å². The molecule has 1 aliphatic heterocycles. The molecule has 0 aromatic heterocycles. The van der Waals surface area contributed by atoms with Gasteiger partial charge >= 0.3 is 0 Å². The Morgan fingerprint density at radius 1 is 1.67 bits per heavy atom. The number of epoxide rings is 1. The molecule has 2 atom stereocenters. The van der Waals surface area contributed by atoms with E-state index in [1.807, 2.05) is 6.92 Å². The van der Waals surface area contributed by atoms with Crippen LogP contribution in [0.4, 0.5) is 0 Å². The van der Waals surface area contributed by atoms with Gasteiger partial charge in [0.15, 0.2) is 9.76 Å². The second-order valence-corrected chi connectivity index (χ2v) is 4.48. The Morgan fingerprint density at radius 2 is 2.42 bits per heavy atom. The maximum absolute atomic E-state index is 5.54. The molecule has 2 unspecified atom stereocenters. The Morgan fingerprint density at radius 3 is 3.00 bits per heavy atom. The number of rotatable bonds is 7. The van der Waals surface area contributed by atoms with E-state index in [1.165, 1.54) is 0 Å². The predicted molar refractivity (Wildman–Crippen MR) is 50.1 cm³/mol. The molecule has 12 heavy (non-hydrogen) atoms. The Balaban J connectivity index is 1.84. The van der Waals surface area contributed by atoms with Crippen LogP contribution in [0.15, 0.2) is 0 Å². The van der Waals surface area contributed by atoms with E-state index < -0.39 is 0 Å². The fraction of sp³-hybridized carbons (Fsp3) is 1.00. The quantitative estimate of drug-likeness (QED) is 0.329. The summed E-state index contributed by atoms with van der Waals surface area (Å²) in [5, 5.41) is 0. The molecule has 4 heteroatoms. The predicted octanol–water partition coefficient (Wildman–Crippen LogP) is 0.329. The van der Waals surface area contributed by atoms with Crippen molar-refractivity contribution in [1.29, 1.82) is 0 Å². The van der Waals surface area contributed by atoms with E-state index in [2.05, 4.69) is 6.92 Å². The molecule has 0 spiro atoms. The highest BCUT2D eigenvalue weighted by atomic mass is 28.2. The molecule has 0 aromatic carbocycles. The molecule has 1 fully saturated rings. The lowest BCUT2D eigenvalue weighted by Crippen LogP contribution is -2.15. The largest absolute Gasteiger partial charge is 0.424 e. The lowest BCUT2D eigenvalue weighted by molar-refractivity contribution is 0.0645. The summed E-state index contributed by atoms with van der Waals surface area (Å²) < 4.78 is 15.9. The third-order valence-corrected chi connectivity index (χ3v) is 3.59. The van der Waals surface area contributed by atoms with Gasteiger partial charge in [0.05, 0.1) is 19.3 Å². The monoisotopic (exact) mass is 190 g/mol. The van der Waals surface area contributed by atoms with Gasteiger partial charge in [-0.2, -0.15) is 0 Å². The minimum Gasteiger partial charge on any atom is -0.424 e. The van der Waals surface area contributed by atoms with Crippen molar-refractivity contribution in [2.45, 2.75) is 32.1 Å². The first-order valence-corrected chi connectivity index (χ1v) is 6.21. The van der Waals surface area contributed by atoms with Gasteiger partial charge in [0.1, 0.15) is 6.10 Å². The molecular formula is C8H18O3Si. The third-order valence-electron chi connectivity index (χ3n) is 1.84. The highest BCUT2D eigenvalue weighted by molar-refractivity contribution is 6.27. The zero-order valence-corrected chi connectivity index (χ0v) is 9.33. The molecule has 0 saturated carbocycles. The Hall–Kier alpha value is 0.0969. The molecule has 0 aliphatic carbocycles. The number of hydrogen-bond donors (Lipinski definition) is 0. The summed E-state index contributed by atoms with van der Waals surface area (Å²) >= 11 is 0. The van der Waals surface area contributed by atoms with Crippen LogP contribution in [0.3, 0.4) is 0 Å². The van der Waals surface area contributed by atoms with Crippen molar-refractivity contribution < 1.29 is 13.9 Å². The van der Waals surface area contributed by atoms with Crippen LogP contribution in [0, 0.1) is 0 Å². The molecule has 0 aromatic rings. The van der Waals surface area contributed by atoms with E-state index in [0.717, 1.165) is 25.9 Å². The molecule has 0 N–H and O–H groups in total. The highest BCUT2D eigenvalue weighted by Gasteiger charge is 2.23. The molecule has 3 nitrogen and oxygen atoms in total. The number of ether oxygens (including phenoxy) is 2. The van der Waals surface area contributed by atoms with E-state index >= 15 is 0 Å². The van der Waals surface area contributed by atoms with E-state index in [4.69, 9.17) is 13.9 Å². The van der Waals surface area contributed by atoms with Crippen molar-refractivity contribution in [2.24, 2.45) is 0 Å². The van der Waals surface area contributed by atoms with Crippen LogP contribution < -0.4 is 0 Å². The average Bonchev–Trinajstić information content (AvgIpc) is 2.84. The van der Waals surface area contributed by atoms with Crippen molar-refractivity contribution in [1.82, 2.24) is 0 Å². The van der Waals surface area contributed by atoms with Crippen LogP contribution in [0.2, 0.25) is 6.04 Å². The van der Waals surface area contributed by atoms with Crippen molar-refractivity contribution in [3.63, 3.8) is 0 Å². The zero-order valence-electron chi connectivity index (χ0n) is 7.91. The SMILES string of the molecule is CCO[SiH2]CC(C)OCC1CO1. The second kappa shape index (κ2) is 5.69. The average molecular weight is 190 g/mol. The van der Waals surface area contributed by atoms with E-state index in [9.17, 15) is 0 Å². The van der Waals surface area contributed by atoms with Gasteiger partial charge in [0, 0.05) is 6.61 Å². The van der Waals surface area contributed by atoms with Crippen molar-refractivity contribution in [3.05, 3.63) is 0 Å². The standard InChI is InChI=1S/C8H18O3Si/c1-3-11-12-6-7(2)9-4-8-5-10-8/h7-8H,3-6,12H2,1-2H3. The fourth-order valence-electron chi connectivity index (χ4n) is 0.913. The lowest BCUT2D eigenvalue weighted by atomic mass is 10.4. The third kappa shape index (κ3) is 4.87. The molecule has 1 heterocycles. The van der Waals surface area contributed by atoms with Crippen molar-refractivity contribution in [3.8, 4) is 0 Å². The summed E-state index contributed by atoms with van der Waals surface area (Å²) in [5.74, 6) is 0. The minimum atomic E-state index is -0.326. The van der Waals surface area contributed by atoms with E-state index in [1.54, 1.807) is 0 Å². The Bertz CT molecular complexity index is 117. The highest BCUT2D eigenvalue weighted by Crippen LogP contribution is 2.10. The van der Waals surface area contributed by atoms with Gasteiger partial charge in [-0.3, -0.25) is 0 Å². The van der Waals surface area contributed by atoms with E-state index in [-0.39, 0.29) is 9.76 Å². The summed E-state index contributed by atoms with van der Waals surface area (Å²) in [6.07, 6.45) is 0.744. The summed E-state index contributed by atoms with van der Waals surface area (Å²) in [6, 6.07) is 1.11. The first-order valence-electron chi connectivity index (χ1n) is 4.64. The van der Waals surface area contributed by atoms with Gasteiger partial charge in [-0.05, 0) is 19.9 Å². The normalized spacial score (nSPS) is 25.0. The smallest absolute Gasteiger partial charge is 0.164 e. The van der Waals surface area contributed by atoms with Gasteiger partial charge in [-0.25, -0.2) is 0 Å².